The lowest BCUT2D eigenvalue weighted by Crippen LogP contribution is -2.12. The fraction of sp³-hybridized carbons (Fsp3) is 0.444. The van der Waals surface area contributed by atoms with Crippen molar-refractivity contribution in [1.29, 1.82) is 0 Å². The molecule has 1 heterocycles. The summed E-state index contributed by atoms with van der Waals surface area (Å²) in [5, 5.41) is 0. The Hall–Kier alpha value is -1.40. The van der Waals surface area contributed by atoms with Gasteiger partial charge in [0.05, 0.1) is 12.7 Å². The molecule has 0 spiro atoms. The van der Waals surface area contributed by atoms with Crippen molar-refractivity contribution >= 4 is 0 Å². The maximum Gasteiger partial charge on any atom is 0.418 e. The molecule has 1 rings (SSSR count). The summed E-state index contributed by atoms with van der Waals surface area (Å²) in [6.45, 7) is 1.11. The Morgan fingerprint density at radius 2 is 1.88 bits per heavy atom. The second kappa shape index (κ2) is 4.23. The molecule has 0 bridgehead atoms. The van der Waals surface area contributed by atoms with Crippen LogP contribution in [0.5, 0.6) is 5.88 Å². The first-order valence-electron chi connectivity index (χ1n) is 4.17. The van der Waals surface area contributed by atoms with Gasteiger partial charge in [0.2, 0.25) is 5.88 Å². The van der Waals surface area contributed by atoms with Crippen molar-refractivity contribution < 1.29 is 26.7 Å². The van der Waals surface area contributed by atoms with Crippen molar-refractivity contribution in [2.75, 3.05) is 7.11 Å². The van der Waals surface area contributed by atoms with Crippen molar-refractivity contribution in [1.82, 2.24) is 4.98 Å². The van der Waals surface area contributed by atoms with E-state index in [9.17, 15) is 22.0 Å². The third kappa shape index (κ3) is 2.23. The van der Waals surface area contributed by atoms with Gasteiger partial charge in [-0.25, -0.2) is 13.8 Å². The lowest BCUT2D eigenvalue weighted by Gasteiger charge is -2.15. The molecule has 90 valence electrons. The molecule has 0 saturated heterocycles. The third-order valence-electron chi connectivity index (χ3n) is 2.04. The lowest BCUT2D eigenvalue weighted by molar-refractivity contribution is -0.139. The van der Waals surface area contributed by atoms with Gasteiger partial charge in [-0.05, 0) is 6.92 Å². The molecular formula is C9H8F5NO. The fourth-order valence-electron chi connectivity index (χ4n) is 1.32. The third-order valence-corrected chi connectivity index (χ3v) is 2.04. The standard InChI is InChI=1S/C9H8F5NO/c1-4-6(7(10)11)5(9(12,13)14)3-15-8(4)16-2/h3,7H,1-2H3. The van der Waals surface area contributed by atoms with E-state index in [4.69, 9.17) is 0 Å². The molecule has 16 heavy (non-hydrogen) atoms. The molecule has 0 radical (unpaired) electrons. The first kappa shape index (κ1) is 12.7. The highest BCUT2D eigenvalue weighted by atomic mass is 19.4. The molecule has 0 amide bonds. The van der Waals surface area contributed by atoms with Gasteiger partial charge in [0.15, 0.2) is 0 Å². The maximum absolute atomic E-state index is 12.6. The summed E-state index contributed by atoms with van der Waals surface area (Å²) in [5.41, 5.74) is -2.81. The van der Waals surface area contributed by atoms with Crippen LogP contribution < -0.4 is 4.74 Å². The molecule has 0 saturated carbocycles. The number of halogens is 5. The van der Waals surface area contributed by atoms with E-state index in [1.54, 1.807) is 0 Å². The predicted octanol–water partition coefficient (Wildman–Crippen LogP) is 3.36. The van der Waals surface area contributed by atoms with Crippen LogP contribution in [-0.4, -0.2) is 12.1 Å². The van der Waals surface area contributed by atoms with Gasteiger partial charge in [-0.1, -0.05) is 0 Å². The van der Waals surface area contributed by atoms with Crippen LogP contribution >= 0.6 is 0 Å². The predicted molar refractivity (Wildman–Crippen MR) is 45.5 cm³/mol. The lowest BCUT2D eigenvalue weighted by atomic mass is 10.1. The second-order valence-electron chi connectivity index (χ2n) is 3.02. The minimum Gasteiger partial charge on any atom is -0.481 e. The Morgan fingerprint density at radius 1 is 1.31 bits per heavy atom. The number of rotatable bonds is 2. The second-order valence-corrected chi connectivity index (χ2v) is 3.02. The molecule has 1 aromatic heterocycles. The highest BCUT2D eigenvalue weighted by Crippen LogP contribution is 2.39. The summed E-state index contributed by atoms with van der Waals surface area (Å²) in [7, 11) is 1.15. The first-order valence-corrected chi connectivity index (χ1v) is 4.17. The monoisotopic (exact) mass is 241 g/mol. The van der Waals surface area contributed by atoms with Gasteiger partial charge in [-0.15, -0.1) is 0 Å². The smallest absolute Gasteiger partial charge is 0.418 e. The number of aromatic nitrogens is 1. The van der Waals surface area contributed by atoms with E-state index in [2.05, 4.69) is 9.72 Å². The number of nitrogens with zero attached hydrogens (tertiary/aromatic N) is 1. The van der Waals surface area contributed by atoms with E-state index in [1.807, 2.05) is 0 Å². The molecule has 0 atom stereocenters. The quantitative estimate of drug-likeness (QED) is 0.740. The molecule has 0 N–H and O–H groups in total. The van der Waals surface area contributed by atoms with Gasteiger partial charge >= 0.3 is 6.18 Å². The largest absolute Gasteiger partial charge is 0.481 e. The molecule has 0 unspecified atom stereocenters. The topological polar surface area (TPSA) is 22.1 Å². The first-order chi connectivity index (χ1) is 7.29. The van der Waals surface area contributed by atoms with E-state index in [1.165, 1.54) is 0 Å². The molecule has 0 aliphatic carbocycles. The molecule has 1 aromatic rings. The summed E-state index contributed by atoms with van der Waals surface area (Å²) in [6, 6.07) is 0. The van der Waals surface area contributed by atoms with Crippen LogP contribution in [0.3, 0.4) is 0 Å². The zero-order chi connectivity index (χ0) is 12.5. The van der Waals surface area contributed by atoms with E-state index in [-0.39, 0.29) is 11.4 Å². The zero-order valence-corrected chi connectivity index (χ0v) is 8.40. The Labute approximate surface area is 88.1 Å². The van der Waals surface area contributed by atoms with Gasteiger partial charge in [0.25, 0.3) is 6.43 Å². The van der Waals surface area contributed by atoms with Gasteiger partial charge in [0.1, 0.15) is 0 Å². The van der Waals surface area contributed by atoms with Crippen molar-refractivity contribution in [2.24, 2.45) is 0 Å². The summed E-state index contributed by atoms with van der Waals surface area (Å²) in [6.07, 6.45) is -7.73. The number of ether oxygens (including phenoxy) is 1. The molecular weight excluding hydrogens is 233 g/mol. The minimum absolute atomic E-state index is 0.233. The summed E-state index contributed by atoms with van der Waals surface area (Å²) in [5.74, 6) is -0.233. The van der Waals surface area contributed by atoms with Gasteiger partial charge in [0, 0.05) is 17.3 Å². The number of hydrogen-bond donors (Lipinski definition) is 0. The number of alkyl halides is 5. The van der Waals surface area contributed by atoms with Crippen molar-refractivity contribution in [2.45, 2.75) is 19.5 Å². The normalized spacial score (nSPS) is 12.0. The average Bonchev–Trinajstić information content (AvgIpc) is 2.15. The van der Waals surface area contributed by atoms with Crippen molar-refractivity contribution in [3.05, 3.63) is 22.9 Å². The van der Waals surface area contributed by atoms with Crippen LogP contribution in [0.15, 0.2) is 6.20 Å². The summed E-state index contributed by atoms with van der Waals surface area (Å²) >= 11 is 0. The van der Waals surface area contributed by atoms with E-state index in [0.29, 0.717) is 6.20 Å². The van der Waals surface area contributed by atoms with Crippen molar-refractivity contribution in [3.63, 3.8) is 0 Å². The number of pyridine rings is 1. The van der Waals surface area contributed by atoms with Crippen LogP contribution in [0.2, 0.25) is 0 Å². The van der Waals surface area contributed by atoms with Crippen molar-refractivity contribution in [3.8, 4) is 5.88 Å². The van der Waals surface area contributed by atoms with E-state index >= 15 is 0 Å². The van der Waals surface area contributed by atoms with Crippen LogP contribution in [-0.2, 0) is 6.18 Å². The molecule has 7 heteroatoms. The van der Waals surface area contributed by atoms with Gasteiger partial charge < -0.3 is 4.74 Å². The van der Waals surface area contributed by atoms with Crippen LogP contribution in [0.1, 0.15) is 23.1 Å². The van der Waals surface area contributed by atoms with Crippen LogP contribution in [0, 0.1) is 6.92 Å². The Balaban J connectivity index is 3.47. The number of hydrogen-bond acceptors (Lipinski definition) is 2. The van der Waals surface area contributed by atoms with Gasteiger partial charge in [-0.3, -0.25) is 0 Å². The average molecular weight is 241 g/mol. The molecule has 0 aliphatic heterocycles. The summed E-state index contributed by atoms with van der Waals surface area (Å²) in [4.78, 5) is 3.33. The zero-order valence-electron chi connectivity index (χ0n) is 8.40. The van der Waals surface area contributed by atoms with E-state index < -0.39 is 23.7 Å². The highest BCUT2D eigenvalue weighted by Gasteiger charge is 2.37. The number of methoxy groups -OCH3 is 1. The molecule has 0 aliphatic rings. The Kier molecular flexibility index (Phi) is 3.35. The highest BCUT2D eigenvalue weighted by molar-refractivity contribution is 5.41. The maximum atomic E-state index is 12.6. The minimum atomic E-state index is -4.85. The van der Waals surface area contributed by atoms with Gasteiger partial charge in [-0.2, -0.15) is 13.2 Å². The van der Waals surface area contributed by atoms with E-state index in [0.717, 1.165) is 14.0 Å². The Bertz CT molecular complexity index is 388. The molecule has 0 aromatic carbocycles. The molecule has 0 fully saturated rings. The van der Waals surface area contributed by atoms with Crippen LogP contribution in [0.4, 0.5) is 22.0 Å². The fourth-order valence-corrected chi connectivity index (χ4v) is 1.32. The molecule has 2 nitrogen and oxygen atoms in total. The summed E-state index contributed by atoms with van der Waals surface area (Å²) < 4.78 is 66.9. The van der Waals surface area contributed by atoms with Crippen LogP contribution in [0.25, 0.3) is 0 Å². The Morgan fingerprint density at radius 3 is 2.25 bits per heavy atom. The SMILES string of the molecule is COc1ncc(C(F)(F)F)c(C(F)F)c1C.